The molecule has 0 spiro atoms. The van der Waals surface area contributed by atoms with E-state index in [1.54, 1.807) is 12.1 Å². The zero-order valence-electron chi connectivity index (χ0n) is 8.38. The van der Waals surface area contributed by atoms with Crippen LogP contribution in [0.25, 0.3) is 5.69 Å². The molecule has 16 heavy (non-hydrogen) atoms. The second-order valence-corrected chi connectivity index (χ2v) is 3.72. The van der Waals surface area contributed by atoms with Crippen molar-refractivity contribution in [1.82, 2.24) is 15.0 Å². The molecule has 0 aliphatic rings. The first kappa shape index (κ1) is 10.6. The van der Waals surface area contributed by atoms with E-state index in [0.717, 1.165) is 5.56 Å². The molecule has 0 saturated heterocycles. The minimum absolute atomic E-state index is 0.114. The van der Waals surface area contributed by atoms with E-state index in [9.17, 15) is 4.79 Å². The van der Waals surface area contributed by atoms with E-state index in [1.165, 1.54) is 10.9 Å². The number of rotatable bonds is 2. The number of carbonyl (C=O) groups is 1. The topological polar surface area (TPSA) is 68.0 Å². The predicted octanol–water partition coefficient (Wildman–Crippen LogP) is 1.93. The Morgan fingerprint density at radius 3 is 2.81 bits per heavy atom. The first-order chi connectivity index (χ1) is 7.58. The number of aromatic nitrogens is 3. The largest absolute Gasteiger partial charge is 0.476 e. The molecule has 5 nitrogen and oxygen atoms in total. The highest BCUT2D eigenvalue weighted by molar-refractivity contribution is 6.32. The molecule has 0 unspecified atom stereocenters. The van der Waals surface area contributed by atoms with Crippen molar-refractivity contribution in [3.8, 4) is 5.69 Å². The Bertz CT molecular complexity index is 551. The van der Waals surface area contributed by atoms with Gasteiger partial charge in [0, 0.05) is 0 Å². The van der Waals surface area contributed by atoms with Crippen molar-refractivity contribution in [2.45, 2.75) is 6.92 Å². The smallest absolute Gasteiger partial charge is 0.358 e. The zero-order chi connectivity index (χ0) is 11.7. The minimum atomic E-state index is -1.12. The first-order valence-electron chi connectivity index (χ1n) is 4.50. The number of carboxylic acid groups (broad SMARTS) is 1. The van der Waals surface area contributed by atoms with Gasteiger partial charge >= 0.3 is 5.97 Å². The van der Waals surface area contributed by atoms with Gasteiger partial charge in [0.05, 0.1) is 16.9 Å². The van der Waals surface area contributed by atoms with E-state index < -0.39 is 5.97 Å². The van der Waals surface area contributed by atoms with Crippen molar-refractivity contribution < 1.29 is 9.90 Å². The summed E-state index contributed by atoms with van der Waals surface area (Å²) in [5.74, 6) is -1.12. The van der Waals surface area contributed by atoms with Crippen LogP contribution in [0.3, 0.4) is 0 Å². The Balaban J connectivity index is 2.46. The van der Waals surface area contributed by atoms with Crippen LogP contribution in [0.2, 0.25) is 5.02 Å². The van der Waals surface area contributed by atoms with E-state index in [1.807, 2.05) is 13.0 Å². The van der Waals surface area contributed by atoms with Gasteiger partial charge in [-0.05, 0) is 24.6 Å². The van der Waals surface area contributed by atoms with Gasteiger partial charge in [-0.25, -0.2) is 9.48 Å². The highest BCUT2D eigenvalue weighted by Gasteiger charge is 2.10. The van der Waals surface area contributed by atoms with Crippen molar-refractivity contribution in [2.75, 3.05) is 0 Å². The molecule has 1 heterocycles. The maximum Gasteiger partial charge on any atom is 0.358 e. The molecule has 0 aliphatic heterocycles. The fourth-order valence-electron chi connectivity index (χ4n) is 1.28. The number of hydrogen-bond acceptors (Lipinski definition) is 3. The number of hydrogen-bond donors (Lipinski definition) is 1. The predicted molar refractivity (Wildman–Crippen MR) is 58.1 cm³/mol. The Kier molecular flexibility index (Phi) is 2.62. The van der Waals surface area contributed by atoms with Crippen LogP contribution in [0.1, 0.15) is 16.1 Å². The van der Waals surface area contributed by atoms with Crippen molar-refractivity contribution in [3.05, 3.63) is 40.7 Å². The second-order valence-electron chi connectivity index (χ2n) is 3.31. The van der Waals surface area contributed by atoms with Gasteiger partial charge in [-0.1, -0.05) is 22.9 Å². The van der Waals surface area contributed by atoms with Crippen LogP contribution in [0.5, 0.6) is 0 Å². The van der Waals surface area contributed by atoms with Crippen molar-refractivity contribution in [3.63, 3.8) is 0 Å². The van der Waals surface area contributed by atoms with E-state index in [0.29, 0.717) is 10.7 Å². The van der Waals surface area contributed by atoms with Gasteiger partial charge in [0.2, 0.25) is 0 Å². The number of aromatic carboxylic acids is 1. The van der Waals surface area contributed by atoms with E-state index >= 15 is 0 Å². The van der Waals surface area contributed by atoms with Gasteiger partial charge in [0.15, 0.2) is 5.69 Å². The first-order valence-corrected chi connectivity index (χ1v) is 4.88. The van der Waals surface area contributed by atoms with Gasteiger partial charge in [0.25, 0.3) is 0 Å². The number of carboxylic acids is 1. The molecule has 0 aliphatic carbocycles. The van der Waals surface area contributed by atoms with Gasteiger partial charge in [-0.15, -0.1) is 5.10 Å². The van der Waals surface area contributed by atoms with Crippen molar-refractivity contribution in [2.24, 2.45) is 0 Å². The van der Waals surface area contributed by atoms with E-state index in [-0.39, 0.29) is 5.69 Å². The number of benzene rings is 1. The summed E-state index contributed by atoms with van der Waals surface area (Å²) in [7, 11) is 0. The molecular weight excluding hydrogens is 230 g/mol. The second kappa shape index (κ2) is 3.94. The van der Waals surface area contributed by atoms with Gasteiger partial charge < -0.3 is 5.11 Å². The Morgan fingerprint density at radius 2 is 2.25 bits per heavy atom. The average Bonchev–Trinajstić information content (AvgIpc) is 2.66. The van der Waals surface area contributed by atoms with Gasteiger partial charge in [0.1, 0.15) is 0 Å². The van der Waals surface area contributed by atoms with Crippen LogP contribution in [0.15, 0.2) is 24.4 Å². The van der Waals surface area contributed by atoms with Gasteiger partial charge in [-0.2, -0.15) is 0 Å². The van der Waals surface area contributed by atoms with Crippen molar-refractivity contribution in [1.29, 1.82) is 0 Å². The Morgan fingerprint density at radius 1 is 1.50 bits per heavy atom. The standard InChI is InChI=1S/C10H8ClN3O2/c1-6-2-3-9(7(11)4-6)14-5-8(10(15)16)12-13-14/h2-5H,1H3,(H,15,16). The highest BCUT2D eigenvalue weighted by Crippen LogP contribution is 2.20. The number of aryl methyl sites for hydroxylation is 1. The lowest BCUT2D eigenvalue weighted by Gasteiger charge is -2.03. The lowest BCUT2D eigenvalue weighted by molar-refractivity contribution is 0.0690. The third kappa shape index (κ3) is 1.90. The minimum Gasteiger partial charge on any atom is -0.476 e. The molecule has 0 saturated carbocycles. The van der Waals surface area contributed by atoms with Crippen molar-refractivity contribution >= 4 is 17.6 Å². The molecule has 0 atom stereocenters. The molecule has 6 heteroatoms. The number of halogens is 1. The zero-order valence-corrected chi connectivity index (χ0v) is 9.14. The van der Waals surface area contributed by atoms with Crippen LogP contribution in [0, 0.1) is 6.92 Å². The maximum atomic E-state index is 10.6. The summed E-state index contributed by atoms with van der Waals surface area (Å²) in [5.41, 5.74) is 1.51. The third-order valence-electron chi connectivity index (χ3n) is 2.06. The SMILES string of the molecule is Cc1ccc(-n2cc(C(=O)O)nn2)c(Cl)c1. The molecule has 1 aromatic heterocycles. The van der Waals surface area contributed by atoms with Crippen LogP contribution in [-0.4, -0.2) is 26.1 Å². The van der Waals surface area contributed by atoms with Crippen LogP contribution in [-0.2, 0) is 0 Å². The summed E-state index contributed by atoms with van der Waals surface area (Å²) in [4.78, 5) is 10.6. The summed E-state index contributed by atoms with van der Waals surface area (Å²) < 4.78 is 1.34. The summed E-state index contributed by atoms with van der Waals surface area (Å²) >= 11 is 6.02. The fraction of sp³-hybridized carbons (Fsp3) is 0.100. The molecule has 0 radical (unpaired) electrons. The molecule has 0 amide bonds. The van der Waals surface area contributed by atoms with Crippen LogP contribution in [0.4, 0.5) is 0 Å². The lowest BCUT2D eigenvalue weighted by Crippen LogP contribution is -1.96. The van der Waals surface area contributed by atoms with Crippen LogP contribution >= 0.6 is 11.6 Å². The normalized spacial score (nSPS) is 10.4. The molecule has 2 aromatic rings. The van der Waals surface area contributed by atoms with E-state index in [4.69, 9.17) is 16.7 Å². The maximum absolute atomic E-state index is 10.6. The summed E-state index contributed by atoms with van der Waals surface area (Å²) in [6, 6.07) is 5.40. The number of nitrogens with zero attached hydrogens (tertiary/aromatic N) is 3. The Labute approximate surface area is 96.3 Å². The molecule has 1 N–H and O–H groups in total. The molecule has 82 valence electrons. The van der Waals surface area contributed by atoms with E-state index in [2.05, 4.69) is 10.3 Å². The average molecular weight is 238 g/mol. The fourth-order valence-corrected chi connectivity index (χ4v) is 1.60. The molecule has 0 fully saturated rings. The van der Waals surface area contributed by atoms with Gasteiger partial charge in [-0.3, -0.25) is 0 Å². The highest BCUT2D eigenvalue weighted by atomic mass is 35.5. The Hall–Kier alpha value is -1.88. The van der Waals surface area contributed by atoms with Crippen LogP contribution < -0.4 is 0 Å². The summed E-state index contributed by atoms with van der Waals surface area (Å²) in [5, 5.41) is 16.4. The molecular formula is C10H8ClN3O2. The molecule has 2 rings (SSSR count). The molecule has 0 bridgehead atoms. The third-order valence-corrected chi connectivity index (χ3v) is 2.37. The monoisotopic (exact) mass is 237 g/mol. The quantitative estimate of drug-likeness (QED) is 0.867. The lowest BCUT2D eigenvalue weighted by atomic mass is 10.2. The summed E-state index contributed by atoms with van der Waals surface area (Å²) in [6.45, 7) is 1.92. The summed E-state index contributed by atoms with van der Waals surface area (Å²) in [6.07, 6.45) is 1.32. The molecule has 1 aromatic carbocycles.